The zero-order valence-corrected chi connectivity index (χ0v) is 19.7. The van der Waals surface area contributed by atoms with E-state index in [2.05, 4.69) is 10.3 Å². The fourth-order valence-corrected chi connectivity index (χ4v) is 4.30. The molecule has 2 N–H and O–H groups in total. The first kappa shape index (κ1) is 25.2. The molecule has 0 saturated carbocycles. The Kier molecular flexibility index (Phi) is 6.99. The second-order valence-electron chi connectivity index (χ2n) is 8.27. The summed E-state index contributed by atoms with van der Waals surface area (Å²) in [6.45, 7) is 1.70. The smallest absolute Gasteiger partial charge is 0.417 e. The Morgan fingerprint density at radius 1 is 1.03 bits per heavy atom. The van der Waals surface area contributed by atoms with Crippen molar-refractivity contribution in [3.8, 4) is 11.3 Å². The van der Waals surface area contributed by atoms with E-state index in [1.807, 2.05) is 0 Å². The van der Waals surface area contributed by atoms with Crippen LogP contribution in [0.1, 0.15) is 27.0 Å². The molecule has 1 heterocycles. The summed E-state index contributed by atoms with van der Waals surface area (Å²) in [6.07, 6.45) is -4.53. The Labute approximate surface area is 209 Å². The highest BCUT2D eigenvalue weighted by Gasteiger charge is 2.33. The maximum absolute atomic E-state index is 13.4. The van der Waals surface area contributed by atoms with Crippen LogP contribution in [0.5, 0.6) is 0 Å². The van der Waals surface area contributed by atoms with Gasteiger partial charge in [0, 0.05) is 17.4 Å². The summed E-state index contributed by atoms with van der Waals surface area (Å²) in [6, 6.07) is 17.0. The number of carboxylic acid groups (broad SMARTS) is 1. The van der Waals surface area contributed by atoms with Crippen molar-refractivity contribution in [3.05, 3.63) is 100 Å². The number of nitrogens with zero attached hydrogens (tertiary/aromatic N) is 1. The lowest BCUT2D eigenvalue weighted by Crippen LogP contribution is -2.42. The highest BCUT2D eigenvalue weighted by atomic mass is 35.5. The van der Waals surface area contributed by atoms with Crippen LogP contribution in [0.3, 0.4) is 0 Å². The second-order valence-corrected chi connectivity index (χ2v) is 8.67. The van der Waals surface area contributed by atoms with Crippen LogP contribution in [0.2, 0.25) is 5.02 Å². The number of alkyl halides is 3. The number of fused-ring (bicyclic) bond motifs is 1. The lowest BCUT2D eigenvalue weighted by molar-refractivity contribution is -0.139. The summed E-state index contributed by atoms with van der Waals surface area (Å²) in [5.41, 5.74) is 1.26. The van der Waals surface area contributed by atoms with Crippen molar-refractivity contribution in [3.63, 3.8) is 0 Å². The van der Waals surface area contributed by atoms with Gasteiger partial charge in [-0.3, -0.25) is 4.79 Å². The van der Waals surface area contributed by atoms with E-state index < -0.39 is 29.7 Å². The van der Waals surface area contributed by atoms with E-state index in [0.717, 1.165) is 6.07 Å². The second kappa shape index (κ2) is 9.99. The summed E-state index contributed by atoms with van der Waals surface area (Å²) in [5.74, 6) is -1.81. The van der Waals surface area contributed by atoms with Crippen molar-refractivity contribution in [2.24, 2.45) is 0 Å². The van der Waals surface area contributed by atoms with Gasteiger partial charge in [-0.2, -0.15) is 13.2 Å². The number of hydrogen-bond acceptors (Lipinski definition) is 3. The molecule has 36 heavy (non-hydrogen) atoms. The first-order valence-electron chi connectivity index (χ1n) is 10.9. The molecule has 1 atom stereocenters. The number of aromatic nitrogens is 1. The van der Waals surface area contributed by atoms with Gasteiger partial charge < -0.3 is 10.4 Å². The number of benzene rings is 3. The number of rotatable bonds is 6. The lowest BCUT2D eigenvalue weighted by atomic mass is 10.0. The standard InChI is InChI=1S/C27H20ClF3N2O3/c1-15-5-4-8-20(28)24(15)25(34)33-23(26(35)36)14-16-9-11-21-17(13-16)10-12-22(32-21)18-6-2-3-7-19(18)27(29,30)31/h2-13,23H,14H2,1H3,(H,33,34)(H,35,36). The number of carbonyl (C=O) groups is 2. The highest BCUT2D eigenvalue weighted by molar-refractivity contribution is 6.34. The minimum Gasteiger partial charge on any atom is -0.480 e. The minimum atomic E-state index is -4.52. The van der Waals surface area contributed by atoms with Gasteiger partial charge in [-0.15, -0.1) is 0 Å². The number of aryl methyl sites for hydroxylation is 1. The van der Waals surface area contributed by atoms with E-state index in [-0.39, 0.29) is 28.3 Å². The number of carboxylic acids is 1. The van der Waals surface area contributed by atoms with Gasteiger partial charge in [0.1, 0.15) is 6.04 Å². The molecule has 184 valence electrons. The minimum absolute atomic E-state index is 0.0147. The van der Waals surface area contributed by atoms with E-state index in [1.54, 1.807) is 49.4 Å². The number of pyridine rings is 1. The average Bonchev–Trinajstić information content (AvgIpc) is 2.82. The Morgan fingerprint density at radius 2 is 1.78 bits per heavy atom. The fourth-order valence-electron chi connectivity index (χ4n) is 3.99. The molecule has 0 saturated heterocycles. The van der Waals surface area contributed by atoms with Gasteiger partial charge >= 0.3 is 12.1 Å². The molecular formula is C27H20ClF3N2O3. The van der Waals surface area contributed by atoms with Crippen LogP contribution >= 0.6 is 11.6 Å². The SMILES string of the molecule is Cc1cccc(Cl)c1C(=O)NC(Cc1ccc2nc(-c3ccccc3C(F)(F)F)ccc2c1)C(=O)O. The number of nitrogens with one attached hydrogen (secondary N) is 1. The van der Waals surface area contributed by atoms with Crippen molar-refractivity contribution in [2.75, 3.05) is 0 Å². The molecule has 0 fully saturated rings. The van der Waals surface area contributed by atoms with Crippen LogP contribution in [-0.2, 0) is 17.4 Å². The average molecular weight is 513 g/mol. The van der Waals surface area contributed by atoms with Gasteiger partial charge in [0.25, 0.3) is 5.91 Å². The van der Waals surface area contributed by atoms with E-state index in [9.17, 15) is 27.9 Å². The molecule has 0 aliphatic rings. The van der Waals surface area contributed by atoms with Gasteiger partial charge in [-0.1, -0.05) is 54.1 Å². The van der Waals surface area contributed by atoms with Crippen molar-refractivity contribution in [2.45, 2.75) is 25.6 Å². The molecule has 1 aromatic heterocycles. The quantitative estimate of drug-likeness (QED) is 0.317. The third-order valence-electron chi connectivity index (χ3n) is 5.75. The molecule has 0 aliphatic heterocycles. The van der Waals surface area contributed by atoms with Gasteiger partial charge in [-0.25, -0.2) is 9.78 Å². The summed E-state index contributed by atoms with van der Waals surface area (Å²) in [5, 5.41) is 13.0. The number of aliphatic carboxylic acids is 1. The van der Waals surface area contributed by atoms with Crippen LogP contribution < -0.4 is 5.32 Å². The van der Waals surface area contributed by atoms with Crippen molar-refractivity contribution < 1.29 is 27.9 Å². The van der Waals surface area contributed by atoms with Crippen LogP contribution in [0.25, 0.3) is 22.2 Å². The summed E-state index contributed by atoms with van der Waals surface area (Å²) < 4.78 is 40.3. The van der Waals surface area contributed by atoms with E-state index in [4.69, 9.17) is 11.6 Å². The predicted molar refractivity (Wildman–Crippen MR) is 131 cm³/mol. The predicted octanol–water partition coefficient (Wildman–Crippen LogP) is 6.31. The molecule has 4 aromatic rings. The maximum Gasteiger partial charge on any atom is 0.417 e. The summed E-state index contributed by atoms with van der Waals surface area (Å²) >= 11 is 6.13. The van der Waals surface area contributed by atoms with Gasteiger partial charge in [0.2, 0.25) is 0 Å². The van der Waals surface area contributed by atoms with E-state index >= 15 is 0 Å². The number of hydrogen-bond donors (Lipinski definition) is 2. The van der Waals surface area contributed by atoms with Gasteiger partial charge in [0.15, 0.2) is 0 Å². The van der Waals surface area contributed by atoms with Crippen molar-refractivity contribution in [1.82, 2.24) is 10.3 Å². The lowest BCUT2D eigenvalue weighted by Gasteiger charge is -2.17. The number of carbonyl (C=O) groups excluding carboxylic acids is 1. The van der Waals surface area contributed by atoms with Crippen LogP contribution in [0, 0.1) is 6.92 Å². The fraction of sp³-hybridized carbons (Fsp3) is 0.148. The molecule has 4 rings (SSSR count). The molecule has 5 nitrogen and oxygen atoms in total. The molecule has 3 aromatic carbocycles. The summed E-state index contributed by atoms with van der Waals surface area (Å²) in [4.78, 5) is 29.0. The van der Waals surface area contributed by atoms with Crippen molar-refractivity contribution >= 4 is 34.4 Å². The Morgan fingerprint density at radius 3 is 2.47 bits per heavy atom. The largest absolute Gasteiger partial charge is 0.480 e. The molecule has 1 amide bonds. The Hall–Kier alpha value is -3.91. The van der Waals surface area contributed by atoms with Crippen LogP contribution in [0.15, 0.2) is 72.8 Å². The van der Waals surface area contributed by atoms with Crippen LogP contribution in [-0.4, -0.2) is 28.0 Å². The van der Waals surface area contributed by atoms with Gasteiger partial charge in [-0.05, 0) is 48.4 Å². The zero-order chi connectivity index (χ0) is 26.0. The topological polar surface area (TPSA) is 79.3 Å². The monoisotopic (exact) mass is 512 g/mol. The molecular weight excluding hydrogens is 493 g/mol. The van der Waals surface area contributed by atoms with E-state index in [1.165, 1.54) is 24.3 Å². The van der Waals surface area contributed by atoms with E-state index in [0.29, 0.717) is 22.0 Å². The molecule has 9 heteroatoms. The molecule has 0 aliphatic carbocycles. The first-order valence-corrected chi connectivity index (χ1v) is 11.3. The molecule has 0 radical (unpaired) electrons. The van der Waals surface area contributed by atoms with Crippen LogP contribution in [0.4, 0.5) is 13.2 Å². The maximum atomic E-state index is 13.4. The van der Waals surface area contributed by atoms with Gasteiger partial charge in [0.05, 0.1) is 27.4 Å². The Bertz CT molecular complexity index is 1450. The highest BCUT2D eigenvalue weighted by Crippen LogP contribution is 2.36. The third kappa shape index (κ3) is 5.33. The van der Waals surface area contributed by atoms with Crippen molar-refractivity contribution in [1.29, 1.82) is 0 Å². The summed E-state index contributed by atoms with van der Waals surface area (Å²) in [7, 11) is 0. The number of amides is 1. The molecule has 0 bridgehead atoms. The zero-order valence-electron chi connectivity index (χ0n) is 18.9. The molecule has 0 spiro atoms. The normalized spacial score (nSPS) is 12.4. The molecule has 1 unspecified atom stereocenters. The number of halogens is 4. The Balaban J connectivity index is 1.59. The third-order valence-corrected chi connectivity index (χ3v) is 6.07. The first-order chi connectivity index (χ1) is 17.0.